The van der Waals surface area contributed by atoms with Gasteiger partial charge < -0.3 is 9.84 Å². The van der Waals surface area contributed by atoms with E-state index in [1.807, 2.05) is 0 Å². The first-order valence-electron chi connectivity index (χ1n) is 5.96. The molecule has 1 aliphatic carbocycles. The molecular formula is C12H19NO2S. The molecule has 0 aliphatic heterocycles. The summed E-state index contributed by atoms with van der Waals surface area (Å²) in [7, 11) is 1.73. The molecular weight excluding hydrogens is 222 g/mol. The molecule has 2 rings (SSSR count). The van der Waals surface area contributed by atoms with Gasteiger partial charge in [0.2, 0.25) is 0 Å². The Morgan fingerprint density at radius 3 is 3.06 bits per heavy atom. The first kappa shape index (κ1) is 12.0. The zero-order valence-electron chi connectivity index (χ0n) is 9.90. The quantitative estimate of drug-likeness (QED) is 0.881. The molecule has 0 fully saturated rings. The maximum absolute atomic E-state index is 9.89. The Kier molecular flexibility index (Phi) is 3.95. The van der Waals surface area contributed by atoms with E-state index in [2.05, 4.69) is 11.9 Å². The highest BCUT2D eigenvalue weighted by Crippen LogP contribution is 2.37. The molecule has 0 radical (unpaired) electrons. The number of aliphatic hydroxyl groups is 1. The van der Waals surface area contributed by atoms with Gasteiger partial charge >= 0.3 is 0 Å². The van der Waals surface area contributed by atoms with Gasteiger partial charge in [-0.2, -0.15) is 0 Å². The van der Waals surface area contributed by atoms with E-state index < -0.39 is 0 Å². The maximum atomic E-state index is 9.89. The summed E-state index contributed by atoms with van der Waals surface area (Å²) in [6.45, 7) is 2.15. The third kappa shape index (κ3) is 2.29. The van der Waals surface area contributed by atoms with Crippen LogP contribution in [-0.2, 0) is 11.2 Å². The van der Waals surface area contributed by atoms with Crippen LogP contribution in [0.25, 0.3) is 0 Å². The van der Waals surface area contributed by atoms with Crippen LogP contribution in [0.15, 0.2) is 0 Å². The summed E-state index contributed by atoms with van der Waals surface area (Å²) in [5.41, 5.74) is 1.09. The second-order valence-electron chi connectivity index (χ2n) is 4.28. The van der Waals surface area contributed by atoms with Crippen molar-refractivity contribution in [2.24, 2.45) is 0 Å². The number of thiazole rings is 1. The second-order valence-corrected chi connectivity index (χ2v) is 5.35. The summed E-state index contributed by atoms with van der Waals surface area (Å²) >= 11 is 1.63. The van der Waals surface area contributed by atoms with E-state index in [0.29, 0.717) is 0 Å². The van der Waals surface area contributed by atoms with E-state index in [4.69, 9.17) is 4.74 Å². The fourth-order valence-corrected chi connectivity index (χ4v) is 3.40. The molecule has 3 nitrogen and oxygen atoms in total. The van der Waals surface area contributed by atoms with Crippen molar-refractivity contribution in [1.82, 2.24) is 4.98 Å². The first-order chi connectivity index (χ1) is 7.76. The molecule has 1 heterocycles. The van der Waals surface area contributed by atoms with Crippen molar-refractivity contribution in [2.75, 3.05) is 7.11 Å². The number of aliphatic hydroxyl groups excluding tert-OH is 1. The van der Waals surface area contributed by atoms with Gasteiger partial charge in [0, 0.05) is 7.11 Å². The highest BCUT2D eigenvalue weighted by Gasteiger charge is 2.25. The zero-order chi connectivity index (χ0) is 11.5. The molecule has 0 spiro atoms. The lowest BCUT2D eigenvalue weighted by Crippen LogP contribution is -2.06. The normalized spacial score (nSPS) is 21.8. The molecule has 0 saturated carbocycles. The van der Waals surface area contributed by atoms with E-state index in [-0.39, 0.29) is 12.2 Å². The smallest absolute Gasteiger partial charge is 0.122 e. The van der Waals surface area contributed by atoms with Crippen molar-refractivity contribution in [3.8, 4) is 0 Å². The summed E-state index contributed by atoms with van der Waals surface area (Å²) < 4.78 is 5.46. The minimum atomic E-state index is -0.297. The predicted octanol–water partition coefficient (Wildman–Crippen LogP) is 3.00. The molecule has 0 aromatic carbocycles. The van der Waals surface area contributed by atoms with Crippen LogP contribution in [0.2, 0.25) is 0 Å². The van der Waals surface area contributed by atoms with Crippen LogP contribution in [0.1, 0.15) is 60.4 Å². The molecule has 4 heteroatoms. The molecule has 2 atom stereocenters. The van der Waals surface area contributed by atoms with Crippen molar-refractivity contribution in [2.45, 2.75) is 51.2 Å². The van der Waals surface area contributed by atoms with Crippen LogP contribution in [0.4, 0.5) is 0 Å². The highest BCUT2D eigenvalue weighted by molar-refractivity contribution is 7.11. The Bertz CT molecular complexity index is 351. The third-order valence-electron chi connectivity index (χ3n) is 3.05. The van der Waals surface area contributed by atoms with Crippen molar-refractivity contribution in [3.05, 3.63) is 15.6 Å². The number of aryl methyl sites for hydroxylation is 1. The number of fused-ring (bicyclic) bond motifs is 1. The van der Waals surface area contributed by atoms with Gasteiger partial charge in [-0.3, -0.25) is 0 Å². The minimum absolute atomic E-state index is 0.104. The number of nitrogens with zero attached hydrogens (tertiary/aromatic N) is 1. The molecule has 1 aliphatic rings. The van der Waals surface area contributed by atoms with Crippen LogP contribution < -0.4 is 0 Å². The third-order valence-corrected chi connectivity index (χ3v) is 4.34. The maximum Gasteiger partial charge on any atom is 0.122 e. The second kappa shape index (κ2) is 5.25. The number of hydrogen-bond acceptors (Lipinski definition) is 4. The number of ether oxygens (including phenoxy) is 1. The van der Waals surface area contributed by atoms with Crippen LogP contribution in [0, 0.1) is 0 Å². The molecule has 1 aromatic rings. The standard InChI is InChI=1S/C12H19NO2S/c1-3-5-10(15-2)12-13-8-6-4-7-9(14)11(8)16-12/h9-10,14H,3-7H2,1-2H3. The monoisotopic (exact) mass is 241 g/mol. The van der Waals surface area contributed by atoms with Crippen molar-refractivity contribution in [3.63, 3.8) is 0 Å². The number of hydrogen-bond donors (Lipinski definition) is 1. The van der Waals surface area contributed by atoms with Gasteiger partial charge in [0.1, 0.15) is 11.1 Å². The number of methoxy groups -OCH3 is 1. The highest BCUT2D eigenvalue weighted by atomic mass is 32.1. The number of rotatable bonds is 4. The molecule has 16 heavy (non-hydrogen) atoms. The van der Waals surface area contributed by atoms with Gasteiger partial charge in [-0.1, -0.05) is 13.3 Å². The van der Waals surface area contributed by atoms with E-state index >= 15 is 0 Å². The molecule has 0 bridgehead atoms. The summed E-state index contributed by atoms with van der Waals surface area (Å²) in [6, 6.07) is 0. The molecule has 1 aromatic heterocycles. The van der Waals surface area contributed by atoms with Gasteiger partial charge in [0.05, 0.1) is 16.7 Å². The van der Waals surface area contributed by atoms with Crippen molar-refractivity contribution in [1.29, 1.82) is 0 Å². The fourth-order valence-electron chi connectivity index (χ4n) is 2.16. The van der Waals surface area contributed by atoms with Crippen LogP contribution in [0.5, 0.6) is 0 Å². The van der Waals surface area contributed by atoms with Crippen LogP contribution >= 0.6 is 11.3 Å². The summed E-state index contributed by atoms with van der Waals surface area (Å²) in [6.07, 6.45) is 4.82. The molecule has 2 unspecified atom stereocenters. The van der Waals surface area contributed by atoms with Crippen molar-refractivity contribution >= 4 is 11.3 Å². The molecule has 90 valence electrons. The Labute approximate surface area is 100 Å². The average Bonchev–Trinajstić information content (AvgIpc) is 2.71. The van der Waals surface area contributed by atoms with Gasteiger partial charge in [0.15, 0.2) is 0 Å². The SMILES string of the molecule is CCCC(OC)c1nc2c(s1)C(O)CCC2. The summed E-state index contributed by atoms with van der Waals surface area (Å²) in [5, 5.41) is 10.9. The van der Waals surface area contributed by atoms with Crippen LogP contribution in [-0.4, -0.2) is 17.2 Å². The summed E-state index contributed by atoms with van der Waals surface area (Å²) in [5.74, 6) is 0. The van der Waals surface area contributed by atoms with Crippen LogP contribution in [0.3, 0.4) is 0 Å². The van der Waals surface area contributed by atoms with Gasteiger partial charge in [0.25, 0.3) is 0 Å². The largest absolute Gasteiger partial charge is 0.388 e. The van der Waals surface area contributed by atoms with E-state index in [1.54, 1.807) is 18.4 Å². The Morgan fingerprint density at radius 2 is 2.44 bits per heavy atom. The average molecular weight is 241 g/mol. The predicted molar refractivity (Wildman–Crippen MR) is 64.7 cm³/mol. The summed E-state index contributed by atoms with van der Waals surface area (Å²) in [4.78, 5) is 5.69. The lowest BCUT2D eigenvalue weighted by atomic mass is 10.0. The Balaban J connectivity index is 2.22. The van der Waals surface area contributed by atoms with Crippen molar-refractivity contribution < 1.29 is 9.84 Å². The lowest BCUT2D eigenvalue weighted by molar-refractivity contribution is 0.0946. The topological polar surface area (TPSA) is 42.4 Å². The Morgan fingerprint density at radius 1 is 1.62 bits per heavy atom. The van der Waals surface area contributed by atoms with Gasteiger partial charge in [-0.25, -0.2) is 4.98 Å². The van der Waals surface area contributed by atoms with Gasteiger partial charge in [-0.15, -0.1) is 11.3 Å². The first-order valence-corrected chi connectivity index (χ1v) is 6.78. The zero-order valence-corrected chi connectivity index (χ0v) is 10.7. The van der Waals surface area contributed by atoms with E-state index in [1.165, 1.54) is 0 Å². The lowest BCUT2D eigenvalue weighted by Gasteiger charge is -2.14. The molecule has 0 saturated heterocycles. The molecule has 1 N–H and O–H groups in total. The van der Waals surface area contributed by atoms with E-state index in [0.717, 1.165) is 47.7 Å². The van der Waals surface area contributed by atoms with E-state index in [9.17, 15) is 5.11 Å². The Hall–Kier alpha value is -0.450. The minimum Gasteiger partial charge on any atom is -0.388 e. The fraction of sp³-hybridized carbons (Fsp3) is 0.750. The number of aromatic nitrogens is 1. The molecule has 0 amide bonds. The van der Waals surface area contributed by atoms with Gasteiger partial charge in [-0.05, 0) is 25.7 Å².